The van der Waals surface area contributed by atoms with Gasteiger partial charge >= 0.3 is 0 Å². The van der Waals surface area contributed by atoms with Crippen molar-refractivity contribution >= 4 is 10.8 Å². The number of methoxy groups -OCH3 is 1. The van der Waals surface area contributed by atoms with Gasteiger partial charge in [-0.15, -0.1) is 0 Å². The predicted octanol–water partition coefficient (Wildman–Crippen LogP) is 1.96. The molecule has 1 saturated heterocycles. The van der Waals surface area contributed by atoms with E-state index in [0.717, 1.165) is 36.6 Å². The molecule has 0 amide bonds. The van der Waals surface area contributed by atoms with Gasteiger partial charge in [0.2, 0.25) is 0 Å². The lowest BCUT2D eigenvalue weighted by Gasteiger charge is -2.31. The van der Waals surface area contributed by atoms with E-state index in [4.69, 9.17) is 9.47 Å². The summed E-state index contributed by atoms with van der Waals surface area (Å²) in [6.07, 6.45) is 2.00. The second kappa shape index (κ2) is 7.76. The summed E-state index contributed by atoms with van der Waals surface area (Å²) in [6, 6.07) is 7.75. The van der Waals surface area contributed by atoms with Gasteiger partial charge in [0.05, 0.1) is 29.8 Å². The lowest BCUT2D eigenvalue weighted by atomic mass is 10.1. The Bertz CT molecular complexity index is 452. The molecule has 3 atom stereocenters. The molecule has 2 rings (SSSR count). The molecule has 1 N–H and O–H groups in total. The minimum atomic E-state index is -1.08. The third kappa shape index (κ3) is 3.81. The second-order valence-corrected chi connectivity index (χ2v) is 6.61. The Morgan fingerprint density at radius 1 is 1.50 bits per heavy atom. The zero-order valence-corrected chi connectivity index (χ0v) is 12.9. The maximum Gasteiger partial charge on any atom is 0.120 e. The van der Waals surface area contributed by atoms with E-state index >= 15 is 0 Å². The van der Waals surface area contributed by atoms with E-state index in [2.05, 4.69) is 12.2 Å². The topological polar surface area (TPSA) is 47.6 Å². The molecule has 1 fully saturated rings. The molecular formula is C15H23NO3S. The smallest absolute Gasteiger partial charge is 0.120 e. The van der Waals surface area contributed by atoms with Crippen molar-refractivity contribution in [2.75, 3.05) is 26.9 Å². The highest BCUT2D eigenvalue weighted by Gasteiger charge is 2.31. The summed E-state index contributed by atoms with van der Waals surface area (Å²) >= 11 is 0. The molecule has 1 aromatic carbocycles. The van der Waals surface area contributed by atoms with Gasteiger partial charge in [-0.3, -0.25) is 4.21 Å². The average molecular weight is 297 g/mol. The first-order chi connectivity index (χ1) is 9.76. The number of benzene rings is 1. The van der Waals surface area contributed by atoms with Crippen molar-refractivity contribution in [1.29, 1.82) is 0 Å². The van der Waals surface area contributed by atoms with E-state index in [1.165, 1.54) is 0 Å². The monoisotopic (exact) mass is 297 g/mol. The standard InChI is InChI=1S/C15H23NO3S/c1-3-8-16-14-7-9-19-11-15(14)20(17)13-6-4-5-12(10-13)18-2/h4-6,10,14-16H,3,7-9,11H2,1-2H3. The van der Waals surface area contributed by atoms with Crippen molar-refractivity contribution in [3.05, 3.63) is 24.3 Å². The highest BCUT2D eigenvalue weighted by molar-refractivity contribution is 7.85. The van der Waals surface area contributed by atoms with Crippen molar-refractivity contribution in [1.82, 2.24) is 5.32 Å². The first kappa shape index (κ1) is 15.5. The lowest BCUT2D eigenvalue weighted by molar-refractivity contribution is 0.0820. The van der Waals surface area contributed by atoms with Gasteiger partial charge in [0.15, 0.2) is 0 Å². The van der Waals surface area contributed by atoms with E-state index in [0.29, 0.717) is 6.61 Å². The Labute approximate surface area is 123 Å². The van der Waals surface area contributed by atoms with Crippen LogP contribution in [0.25, 0.3) is 0 Å². The fourth-order valence-corrected chi connectivity index (χ4v) is 3.93. The first-order valence-corrected chi connectivity index (χ1v) is 8.33. The summed E-state index contributed by atoms with van der Waals surface area (Å²) in [4.78, 5) is 0.808. The molecule has 112 valence electrons. The first-order valence-electron chi connectivity index (χ1n) is 7.12. The van der Waals surface area contributed by atoms with Crippen molar-refractivity contribution in [3.63, 3.8) is 0 Å². The van der Waals surface area contributed by atoms with Crippen LogP contribution < -0.4 is 10.1 Å². The van der Waals surface area contributed by atoms with Crippen LogP contribution in [0.3, 0.4) is 0 Å². The summed E-state index contributed by atoms with van der Waals surface area (Å²) in [5.41, 5.74) is 0. The Balaban J connectivity index is 2.11. The summed E-state index contributed by atoms with van der Waals surface area (Å²) in [5.74, 6) is 0.741. The maximum atomic E-state index is 12.8. The molecule has 0 aromatic heterocycles. The molecule has 5 heteroatoms. The van der Waals surface area contributed by atoms with Crippen molar-refractivity contribution in [2.45, 2.75) is 36.0 Å². The molecular weight excluding hydrogens is 274 g/mol. The molecule has 1 aliphatic rings. The van der Waals surface area contributed by atoms with Crippen LogP contribution >= 0.6 is 0 Å². The van der Waals surface area contributed by atoms with Gasteiger partial charge in [-0.2, -0.15) is 0 Å². The fraction of sp³-hybridized carbons (Fsp3) is 0.600. The molecule has 0 bridgehead atoms. The van der Waals surface area contributed by atoms with Crippen LogP contribution in [0.2, 0.25) is 0 Å². The summed E-state index contributed by atoms with van der Waals surface area (Å²) in [5, 5.41) is 3.50. The zero-order valence-electron chi connectivity index (χ0n) is 12.1. The van der Waals surface area contributed by atoms with E-state index in [9.17, 15) is 4.21 Å². The quantitative estimate of drug-likeness (QED) is 0.872. The van der Waals surface area contributed by atoms with Gasteiger partial charge in [0.25, 0.3) is 0 Å². The van der Waals surface area contributed by atoms with Crippen molar-refractivity contribution in [2.24, 2.45) is 0 Å². The minimum Gasteiger partial charge on any atom is -0.497 e. The van der Waals surface area contributed by atoms with E-state index in [1.54, 1.807) is 7.11 Å². The van der Waals surface area contributed by atoms with E-state index in [1.807, 2.05) is 24.3 Å². The van der Waals surface area contributed by atoms with Crippen LogP contribution in [-0.2, 0) is 15.5 Å². The van der Waals surface area contributed by atoms with Crippen molar-refractivity contribution < 1.29 is 13.7 Å². The molecule has 4 nitrogen and oxygen atoms in total. The zero-order chi connectivity index (χ0) is 14.4. The van der Waals surface area contributed by atoms with Crippen LogP contribution in [0.5, 0.6) is 5.75 Å². The summed E-state index contributed by atoms with van der Waals surface area (Å²) in [6.45, 7) is 4.38. The van der Waals surface area contributed by atoms with E-state index in [-0.39, 0.29) is 11.3 Å². The van der Waals surface area contributed by atoms with Crippen LogP contribution in [0.1, 0.15) is 19.8 Å². The molecule has 0 saturated carbocycles. The van der Waals surface area contributed by atoms with E-state index < -0.39 is 10.8 Å². The van der Waals surface area contributed by atoms with Crippen LogP contribution in [0.15, 0.2) is 29.2 Å². The normalized spacial score (nSPS) is 24.3. The molecule has 0 spiro atoms. The lowest BCUT2D eigenvalue weighted by Crippen LogP contribution is -2.48. The van der Waals surface area contributed by atoms with Crippen LogP contribution in [-0.4, -0.2) is 42.4 Å². The molecule has 3 unspecified atom stereocenters. The van der Waals surface area contributed by atoms with Gasteiger partial charge in [-0.25, -0.2) is 0 Å². The number of hydrogen-bond acceptors (Lipinski definition) is 4. The second-order valence-electron chi connectivity index (χ2n) is 4.94. The maximum absolute atomic E-state index is 12.8. The molecule has 1 aromatic rings. The molecule has 1 heterocycles. The van der Waals surface area contributed by atoms with Crippen LogP contribution in [0.4, 0.5) is 0 Å². The predicted molar refractivity (Wildman–Crippen MR) is 80.7 cm³/mol. The number of rotatable bonds is 6. The number of ether oxygens (including phenoxy) is 2. The largest absolute Gasteiger partial charge is 0.497 e. The molecule has 0 aliphatic carbocycles. The minimum absolute atomic E-state index is 0.00223. The van der Waals surface area contributed by atoms with Crippen LogP contribution in [0, 0.1) is 0 Å². The number of nitrogens with one attached hydrogen (secondary N) is 1. The third-order valence-electron chi connectivity index (χ3n) is 3.51. The summed E-state index contributed by atoms with van der Waals surface area (Å²) < 4.78 is 23.5. The number of hydrogen-bond donors (Lipinski definition) is 1. The highest BCUT2D eigenvalue weighted by Crippen LogP contribution is 2.22. The van der Waals surface area contributed by atoms with Gasteiger partial charge in [-0.05, 0) is 37.6 Å². The van der Waals surface area contributed by atoms with Gasteiger partial charge in [-0.1, -0.05) is 13.0 Å². The summed E-state index contributed by atoms with van der Waals surface area (Å²) in [7, 11) is 0.540. The van der Waals surface area contributed by atoms with Crippen molar-refractivity contribution in [3.8, 4) is 5.75 Å². The fourth-order valence-electron chi connectivity index (χ4n) is 2.39. The molecule has 20 heavy (non-hydrogen) atoms. The Morgan fingerprint density at radius 2 is 2.35 bits per heavy atom. The molecule has 0 radical (unpaired) electrons. The van der Waals surface area contributed by atoms with Gasteiger partial charge in [0, 0.05) is 17.5 Å². The Morgan fingerprint density at radius 3 is 3.10 bits per heavy atom. The third-order valence-corrected chi connectivity index (χ3v) is 5.24. The Hall–Kier alpha value is -0.910. The van der Waals surface area contributed by atoms with Gasteiger partial charge in [0.1, 0.15) is 5.75 Å². The van der Waals surface area contributed by atoms with Gasteiger partial charge < -0.3 is 14.8 Å². The highest BCUT2D eigenvalue weighted by atomic mass is 32.2. The molecule has 1 aliphatic heterocycles. The Kier molecular flexibility index (Phi) is 6.01. The SMILES string of the molecule is CCCNC1CCOCC1S(=O)c1cccc(OC)c1. The average Bonchev–Trinajstić information content (AvgIpc) is 2.52.